The van der Waals surface area contributed by atoms with Crippen LogP contribution < -0.4 is 10.5 Å². The summed E-state index contributed by atoms with van der Waals surface area (Å²) in [6, 6.07) is 4.73. The Hall–Kier alpha value is -0.980. The lowest BCUT2D eigenvalue weighted by atomic mass is 10.2. The Morgan fingerprint density at radius 3 is 2.59 bits per heavy atom. The van der Waals surface area contributed by atoms with Gasteiger partial charge >= 0.3 is 6.18 Å². The van der Waals surface area contributed by atoms with Gasteiger partial charge in [-0.3, -0.25) is 0 Å². The molecule has 0 amide bonds. The van der Waals surface area contributed by atoms with Crippen LogP contribution in [0.4, 0.5) is 13.2 Å². The first kappa shape index (κ1) is 14.1. The summed E-state index contributed by atoms with van der Waals surface area (Å²) in [6.07, 6.45) is -4.37. The maximum Gasteiger partial charge on any atom is 0.411 e. The first-order chi connectivity index (χ1) is 7.92. The summed E-state index contributed by atoms with van der Waals surface area (Å²) in [6.45, 7) is -1.66. The normalized spacial score (nSPS) is 11.6. The lowest BCUT2D eigenvalue weighted by molar-refractivity contribution is -0.186. The number of halogens is 4. The predicted octanol–water partition coefficient (Wildman–Crippen LogP) is 2.71. The molecule has 7 heteroatoms. The monoisotopic (exact) mass is 269 g/mol. The number of ether oxygens (including phenoxy) is 2. The third kappa shape index (κ3) is 5.25. The van der Waals surface area contributed by atoms with Gasteiger partial charge in [0.1, 0.15) is 12.4 Å². The van der Waals surface area contributed by atoms with E-state index >= 15 is 0 Å². The highest BCUT2D eigenvalue weighted by molar-refractivity contribution is 6.30. The summed E-state index contributed by atoms with van der Waals surface area (Å²) in [5, 5.41) is 0.410. The highest BCUT2D eigenvalue weighted by atomic mass is 35.5. The van der Waals surface area contributed by atoms with Gasteiger partial charge in [-0.15, -0.1) is 0 Å². The topological polar surface area (TPSA) is 44.5 Å². The van der Waals surface area contributed by atoms with Gasteiger partial charge < -0.3 is 15.2 Å². The summed E-state index contributed by atoms with van der Waals surface area (Å²) in [5.41, 5.74) is 6.07. The maximum atomic E-state index is 11.8. The van der Waals surface area contributed by atoms with Crippen LogP contribution in [0.1, 0.15) is 5.56 Å². The van der Waals surface area contributed by atoms with E-state index in [0.29, 0.717) is 16.3 Å². The van der Waals surface area contributed by atoms with Gasteiger partial charge in [-0.05, 0) is 12.1 Å². The van der Waals surface area contributed by atoms with E-state index < -0.39 is 19.6 Å². The van der Waals surface area contributed by atoms with E-state index in [0.717, 1.165) is 0 Å². The van der Waals surface area contributed by atoms with Gasteiger partial charge in [0, 0.05) is 17.1 Å². The molecule has 0 atom stereocenters. The van der Waals surface area contributed by atoms with Crippen molar-refractivity contribution in [3.05, 3.63) is 28.8 Å². The molecule has 0 aliphatic heterocycles. The van der Waals surface area contributed by atoms with Crippen molar-refractivity contribution < 1.29 is 22.6 Å². The molecule has 0 aliphatic carbocycles. The van der Waals surface area contributed by atoms with Crippen molar-refractivity contribution in [2.24, 2.45) is 5.73 Å². The molecule has 0 heterocycles. The Kier molecular flexibility index (Phi) is 5.04. The number of rotatable bonds is 5. The third-order valence-electron chi connectivity index (χ3n) is 1.81. The number of hydrogen-bond donors (Lipinski definition) is 1. The average Bonchev–Trinajstić information content (AvgIpc) is 2.23. The fourth-order valence-electron chi connectivity index (χ4n) is 1.09. The van der Waals surface area contributed by atoms with Crippen molar-refractivity contribution in [2.75, 3.05) is 13.4 Å². The van der Waals surface area contributed by atoms with E-state index in [1.807, 2.05) is 0 Å². The fraction of sp³-hybridized carbons (Fsp3) is 0.400. The van der Waals surface area contributed by atoms with E-state index in [4.69, 9.17) is 22.1 Å². The number of hydrogen-bond acceptors (Lipinski definition) is 3. The second kappa shape index (κ2) is 6.09. The van der Waals surface area contributed by atoms with Crippen molar-refractivity contribution in [1.29, 1.82) is 0 Å². The maximum absolute atomic E-state index is 11.8. The van der Waals surface area contributed by atoms with Gasteiger partial charge in [0.25, 0.3) is 0 Å². The van der Waals surface area contributed by atoms with Crippen LogP contribution in [0.3, 0.4) is 0 Å². The second-order valence-corrected chi connectivity index (χ2v) is 3.62. The molecule has 2 N–H and O–H groups in total. The average molecular weight is 270 g/mol. The van der Waals surface area contributed by atoms with Gasteiger partial charge in [0.15, 0.2) is 6.79 Å². The molecule has 96 valence electrons. The minimum Gasteiger partial charge on any atom is -0.467 e. The second-order valence-electron chi connectivity index (χ2n) is 3.18. The molecule has 0 saturated carbocycles. The highest BCUT2D eigenvalue weighted by Gasteiger charge is 2.27. The van der Waals surface area contributed by atoms with E-state index in [-0.39, 0.29) is 6.54 Å². The molecule has 1 aromatic carbocycles. The van der Waals surface area contributed by atoms with Crippen LogP contribution in [-0.2, 0) is 11.3 Å². The van der Waals surface area contributed by atoms with Crippen LogP contribution in [0.15, 0.2) is 18.2 Å². The van der Waals surface area contributed by atoms with E-state index in [1.165, 1.54) is 6.07 Å². The Labute approximate surface area is 101 Å². The highest BCUT2D eigenvalue weighted by Crippen LogP contribution is 2.23. The quantitative estimate of drug-likeness (QED) is 0.660. The van der Waals surface area contributed by atoms with Crippen molar-refractivity contribution in [1.82, 2.24) is 0 Å². The zero-order chi connectivity index (χ0) is 12.9. The molecular formula is C10H11ClF3NO2. The molecule has 0 aromatic heterocycles. The molecular weight excluding hydrogens is 259 g/mol. The molecule has 3 nitrogen and oxygen atoms in total. The van der Waals surface area contributed by atoms with Crippen LogP contribution >= 0.6 is 11.6 Å². The van der Waals surface area contributed by atoms with E-state index in [1.54, 1.807) is 12.1 Å². The number of benzene rings is 1. The smallest absolute Gasteiger partial charge is 0.411 e. The molecule has 0 radical (unpaired) electrons. The van der Waals surface area contributed by atoms with Crippen molar-refractivity contribution in [3.63, 3.8) is 0 Å². The number of nitrogens with two attached hydrogens (primary N) is 1. The molecule has 0 unspecified atom stereocenters. The minimum absolute atomic E-state index is 0.200. The lowest BCUT2D eigenvalue weighted by Gasteiger charge is -2.12. The summed E-state index contributed by atoms with van der Waals surface area (Å²) in [5.74, 6) is 0.321. The van der Waals surface area contributed by atoms with Gasteiger partial charge in [-0.25, -0.2) is 0 Å². The van der Waals surface area contributed by atoms with Crippen LogP contribution in [-0.4, -0.2) is 19.6 Å². The van der Waals surface area contributed by atoms with Crippen molar-refractivity contribution in [2.45, 2.75) is 12.7 Å². The Morgan fingerprint density at radius 1 is 1.29 bits per heavy atom. The van der Waals surface area contributed by atoms with Crippen LogP contribution in [0.25, 0.3) is 0 Å². The fourth-order valence-corrected chi connectivity index (χ4v) is 1.26. The molecule has 0 aliphatic rings. The molecule has 1 rings (SSSR count). The summed E-state index contributed by atoms with van der Waals surface area (Å²) in [4.78, 5) is 0. The summed E-state index contributed by atoms with van der Waals surface area (Å²) in [7, 11) is 0. The Bertz CT molecular complexity index is 371. The zero-order valence-electron chi connectivity index (χ0n) is 8.76. The van der Waals surface area contributed by atoms with Crippen LogP contribution in [0, 0.1) is 0 Å². The molecule has 1 aromatic rings. The van der Waals surface area contributed by atoms with Gasteiger partial charge in [-0.2, -0.15) is 13.2 Å². The van der Waals surface area contributed by atoms with Gasteiger partial charge in [0.05, 0.1) is 0 Å². The van der Waals surface area contributed by atoms with Crippen LogP contribution in [0.2, 0.25) is 5.02 Å². The van der Waals surface area contributed by atoms with E-state index in [9.17, 15) is 13.2 Å². The van der Waals surface area contributed by atoms with Gasteiger partial charge in [0.2, 0.25) is 0 Å². The van der Waals surface area contributed by atoms with Crippen LogP contribution in [0.5, 0.6) is 5.75 Å². The molecule has 17 heavy (non-hydrogen) atoms. The zero-order valence-corrected chi connectivity index (χ0v) is 9.52. The number of alkyl halides is 3. The van der Waals surface area contributed by atoms with Crippen molar-refractivity contribution in [3.8, 4) is 5.75 Å². The standard InChI is InChI=1S/C10H11ClF3NO2/c11-8-2-1-7(4-15)9(3-8)17-6-16-5-10(12,13)14/h1-3H,4-6,15H2. The minimum atomic E-state index is -4.37. The molecule has 0 fully saturated rings. The first-order valence-corrected chi connectivity index (χ1v) is 5.06. The Balaban J connectivity index is 2.48. The van der Waals surface area contributed by atoms with Crippen molar-refractivity contribution >= 4 is 11.6 Å². The largest absolute Gasteiger partial charge is 0.467 e. The lowest BCUT2D eigenvalue weighted by Crippen LogP contribution is -2.19. The summed E-state index contributed by atoms with van der Waals surface area (Å²) >= 11 is 5.72. The molecule has 0 bridgehead atoms. The summed E-state index contributed by atoms with van der Waals surface area (Å²) < 4.78 is 44.6. The first-order valence-electron chi connectivity index (χ1n) is 4.68. The Morgan fingerprint density at radius 2 is 2.00 bits per heavy atom. The predicted molar refractivity (Wildman–Crippen MR) is 56.8 cm³/mol. The molecule has 0 saturated heterocycles. The molecule has 0 spiro atoms. The SMILES string of the molecule is NCc1ccc(Cl)cc1OCOCC(F)(F)F. The third-order valence-corrected chi connectivity index (χ3v) is 2.05. The van der Waals surface area contributed by atoms with E-state index in [2.05, 4.69) is 4.74 Å². The van der Waals surface area contributed by atoms with Gasteiger partial charge in [-0.1, -0.05) is 17.7 Å².